The first-order chi connectivity index (χ1) is 13.2. The third kappa shape index (κ3) is 3.65. The Morgan fingerprint density at radius 1 is 1.26 bits per heavy atom. The summed E-state index contributed by atoms with van der Waals surface area (Å²) in [6, 6.07) is 9.40. The maximum absolute atomic E-state index is 13.1. The Morgan fingerprint density at radius 3 is 2.93 bits per heavy atom. The van der Waals surface area contributed by atoms with Crippen LogP contribution in [0.4, 0.5) is 0 Å². The van der Waals surface area contributed by atoms with Crippen molar-refractivity contribution in [2.45, 2.75) is 38.4 Å². The van der Waals surface area contributed by atoms with Crippen LogP contribution in [0.3, 0.4) is 0 Å². The molecule has 0 radical (unpaired) electrons. The lowest BCUT2D eigenvalue weighted by molar-refractivity contribution is -0.134. The Morgan fingerprint density at radius 2 is 2.15 bits per heavy atom. The number of rotatable bonds is 3. The molecule has 7 heteroatoms. The molecule has 2 N–H and O–H groups in total. The number of benzene rings is 1. The molecule has 0 aliphatic carbocycles. The van der Waals surface area contributed by atoms with Gasteiger partial charge in [0.1, 0.15) is 17.6 Å². The number of methoxy groups -OCH3 is 1. The third-order valence-electron chi connectivity index (χ3n) is 5.08. The average Bonchev–Trinajstić information content (AvgIpc) is 3.30. The van der Waals surface area contributed by atoms with Gasteiger partial charge in [-0.3, -0.25) is 4.79 Å². The van der Waals surface area contributed by atoms with E-state index in [-0.39, 0.29) is 18.0 Å². The van der Waals surface area contributed by atoms with Crippen LogP contribution in [0.1, 0.15) is 36.0 Å². The Balaban J connectivity index is 1.48. The molecule has 0 bridgehead atoms. The zero-order valence-corrected chi connectivity index (χ0v) is 15.7. The number of carbonyl (C=O) groups excluding carboxylic acids is 1. The lowest BCUT2D eigenvalue weighted by Gasteiger charge is -2.29. The van der Waals surface area contributed by atoms with E-state index in [0.717, 1.165) is 29.3 Å². The van der Waals surface area contributed by atoms with Gasteiger partial charge in [0.2, 0.25) is 5.91 Å². The molecule has 7 nitrogen and oxygen atoms in total. The molecule has 3 heterocycles. The van der Waals surface area contributed by atoms with E-state index in [2.05, 4.69) is 10.9 Å². The monoisotopic (exact) mass is 371 g/mol. The van der Waals surface area contributed by atoms with E-state index in [1.807, 2.05) is 42.2 Å². The summed E-state index contributed by atoms with van der Waals surface area (Å²) >= 11 is 0. The standard InChI is InChI=1S/C20H25N3O4/c1-13-7-8-17(27-13)15-11-16(22-21-15)20(24)23-9-4-10-26-19-14(12-23)5-3-6-18(19)25-2/h3,5-8,15-16,21-22H,4,9-12H2,1-2H3. The van der Waals surface area contributed by atoms with Crippen molar-refractivity contribution >= 4 is 5.91 Å². The first-order valence-corrected chi connectivity index (χ1v) is 9.30. The van der Waals surface area contributed by atoms with Gasteiger partial charge in [0.15, 0.2) is 11.5 Å². The largest absolute Gasteiger partial charge is 0.493 e. The van der Waals surface area contributed by atoms with Gasteiger partial charge in [-0.05, 0) is 38.0 Å². The molecule has 0 spiro atoms. The summed E-state index contributed by atoms with van der Waals surface area (Å²) < 4.78 is 17.0. The molecule has 2 unspecified atom stereocenters. The van der Waals surface area contributed by atoms with Crippen LogP contribution in [0.25, 0.3) is 0 Å². The van der Waals surface area contributed by atoms with Crippen molar-refractivity contribution in [3.63, 3.8) is 0 Å². The minimum absolute atomic E-state index is 0.00174. The van der Waals surface area contributed by atoms with Crippen LogP contribution in [0.2, 0.25) is 0 Å². The predicted molar refractivity (Wildman–Crippen MR) is 99.4 cm³/mol. The molecule has 1 saturated heterocycles. The molecule has 0 saturated carbocycles. The number of amides is 1. The van der Waals surface area contributed by atoms with Crippen LogP contribution in [-0.2, 0) is 11.3 Å². The summed E-state index contributed by atoms with van der Waals surface area (Å²) in [5.74, 6) is 3.25. The molecule has 4 rings (SSSR count). The fraction of sp³-hybridized carbons (Fsp3) is 0.450. The summed E-state index contributed by atoms with van der Waals surface area (Å²) in [6.07, 6.45) is 1.44. The van der Waals surface area contributed by atoms with Crippen molar-refractivity contribution in [3.8, 4) is 11.5 Å². The Hall–Kier alpha value is -2.51. The van der Waals surface area contributed by atoms with Crippen molar-refractivity contribution in [1.29, 1.82) is 0 Å². The van der Waals surface area contributed by atoms with Gasteiger partial charge in [0.25, 0.3) is 0 Å². The molecule has 2 aliphatic heterocycles. The van der Waals surface area contributed by atoms with Crippen LogP contribution in [-0.4, -0.2) is 37.1 Å². The summed E-state index contributed by atoms with van der Waals surface area (Å²) in [7, 11) is 1.63. The van der Waals surface area contributed by atoms with Crippen molar-refractivity contribution in [1.82, 2.24) is 15.8 Å². The quantitative estimate of drug-likeness (QED) is 0.862. The summed E-state index contributed by atoms with van der Waals surface area (Å²) in [6.45, 7) is 3.65. The van der Waals surface area contributed by atoms with Gasteiger partial charge in [-0.25, -0.2) is 10.9 Å². The normalized spacial score (nSPS) is 22.5. The molecule has 2 atom stereocenters. The van der Waals surface area contributed by atoms with E-state index < -0.39 is 0 Å². The van der Waals surface area contributed by atoms with Gasteiger partial charge in [-0.15, -0.1) is 0 Å². The van der Waals surface area contributed by atoms with Crippen molar-refractivity contribution in [3.05, 3.63) is 47.4 Å². The van der Waals surface area contributed by atoms with E-state index in [0.29, 0.717) is 31.9 Å². The second kappa shape index (κ2) is 7.62. The molecular weight excluding hydrogens is 346 g/mol. The maximum Gasteiger partial charge on any atom is 0.241 e. The fourth-order valence-corrected chi connectivity index (χ4v) is 3.68. The van der Waals surface area contributed by atoms with Gasteiger partial charge >= 0.3 is 0 Å². The first kappa shape index (κ1) is 17.9. The molecule has 1 fully saturated rings. The molecular formula is C20H25N3O4. The third-order valence-corrected chi connectivity index (χ3v) is 5.08. The number of nitrogens with zero attached hydrogens (tertiary/aromatic N) is 1. The van der Waals surface area contributed by atoms with Crippen LogP contribution >= 0.6 is 0 Å². The van der Waals surface area contributed by atoms with E-state index in [1.165, 1.54) is 0 Å². The van der Waals surface area contributed by atoms with E-state index >= 15 is 0 Å². The second-order valence-corrected chi connectivity index (χ2v) is 6.99. The molecule has 144 valence electrons. The second-order valence-electron chi connectivity index (χ2n) is 6.99. The van der Waals surface area contributed by atoms with Gasteiger partial charge < -0.3 is 18.8 Å². The number of para-hydroxylation sites is 1. The molecule has 27 heavy (non-hydrogen) atoms. The first-order valence-electron chi connectivity index (χ1n) is 9.30. The number of aryl methyl sites for hydroxylation is 1. The van der Waals surface area contributed by atoms with E-state index in [4.69, 9.17) is 13.9 Å². The minimum atomic E-state index is -0.283. The summed E-state index contributed by atoms with van der Waals surface area (Å²) in [4.78, 5) is 15.0. The van der Waals surface area contributed by atoms with Gasteiger partial charge in [0.05, 0.1) is 19.8 Å². The van der Waals surface area contributed by atoms with E-state index in [1.54, 1.807) is 7.11 Å². The zero-order chi connectivity index (χ0) is 18.8. The summed E-state index contributed by atoms with van der Waals surface area (Å²) in [5, 5.41) is 0. The van der Waals surface area contributed by atoms with Crippen molar-refractivity contribution < 1.29 is 18.7 Å². The number of hydrazine groups is 1. The lowest BCUT2D eigenvalue weighted by atomic mass is 10.1. The minimum Gasteiger partial charge on any atom is -0.493 e. The van der Waals surface area contributed by atoms with Crippen LogP contribution < -0.4 is 20.3 Å². The van der Waals surface area contributed by atoms with Crippen LogP contribution in [0.15, 0.2) is 34.7 Å². The zero-order valence-electron chi connectivity index (χ0n) is 15.7. The molecule has 1 amide bonds. The van der Waals surface area contributed by atoms with Crippen LogP contribution in [0.5, 0.6) is 11.5 Å². The SMILES string of the molecule is COc1cccc2c1OCCCN(C(=O)C1CC(c3ccc(C)o3)NN1)C2. The van der Waals surface area contributed by atoms with Gasteiger partial charge in [0, 0.05) is 18.7 Å². The maximum atomic E-state index is 13.1. The number of hydrogen-bond acceptors (Lipinski definition) is 6. The number of furan rings is 1. The number of carbonyl (C=O) groups is 1. The lowest BCUT2D eigenvalue weighted by Crippen LogP contribution is -2.46. The highest BCUT2D eigenvalue weighted by Crippen LogP contribution is 2.33. The Kier molecular flexibility index (Phi) is 5.05. The predicted octanol–water partition coefficient (Wildman–Crippen LogP) is 2.32. The number of ether oxygens (including phenoxy) is 2. The average molecular weight is 371 g/mol. The topological polar surface area (TPSA) is 76.0 Å². The highest BCUT2D eigenvalue weighted by molar-refractivity contribution is 5.82. The smallest absolute Gasteiger partial charge is 0.241 e. The van der Waals surface area contributed by atoms with E-state index in [9.17, 15) is 4.79 Å². The highest BCUT2D eigenvalue weighted by Gasteiger charge is 2.34. The fourth-order valence-electron chi connectivity index (χ4n) is 3.68. The molecule has 2 aliphatic rings. The Bertz CT molecular complexity index is 819. The van der Waals surface area contributed by atoms with Gasteiger partial charge in [-0.1, -0.05) is 12.1 Å². The van der Waals surface area contributed by atoms with Gasteiger partial charge in [-0.2, -0.15) is 0 Å². The molecule has 1 aromatic carbocycles. The number of nitrogens with one attached hydrogen (secondary N) is 2. The number of hydrogen-bond donors (Lipinski definition) is 2. The van der Waals surface area contributed by atoms with Crippen molar-refractivity contribution in [2.24, 2.45) is 0 Å². The van der Waals surface area contributed by atoms with Crippen molar-refractivity contribution in [2.75, 3.05) is 20.3 Å². The summed E-state index contributed by atoms with van der Waals surface area (Å²) in [5.41, 5.74) is 7.29. The molecule has 2 aromatic rings. The highest BCUT2D eigenvalue weighted by atomic mass is 16.5. The van der Waals surface area contributed by atoms with Crippen LogP contribution in [0, 0.1) is 6.92 Å². The molecule has 1 aromatic heterocycles. The Labute approximate surface area is 158 Å². The number of fused-ring (bicyclic) bond motifs is 1.